The number of aliphatic hydroxyl groups is 1. The molecular formula is C28H45N3O4. The number of carbonyl (C=O) groups is 2. The van der Waals surface area contributed by atoms with Crippen LogP contribution in [0.15, 0.2) is 18.2 Å². The minimum Gasteiger partial charge on any atom is -0.394 e. The Hall–Kier alpha value is -1.96. The minimum absolute atomic E-state index is 0.0374. The molecule has 0 spiro atoms. The number of aliphatic hydroxyl groups excluding tert-OH is 1. The van der Waals surface area contributed by atoms with Crippen molar-refractivity contribution in [3.8, 4) is 0 Å². The van der Waals surface area contributed by atoms with Crippen molar-refractivity contribution >= 4 is 17.5 Å². The number of nitrogens with one attached hydrogen (secondary N) is 1. The van der Waals surface area contributed by atoms with E-state index < -0.39 is 0 Å². The lowest BCUT2D eigenvalue weighted by atomic mass is 10.0. The molecule has 0 aromatic heterocycles. The Morgan fingerprint density at radius 1 is 1.09 bits per heavy atom. The zero-order valence-electron chi connectivity index (χ0n) is 21.9. The Labute approximate surface area is 211 Å². The molecule has 1 fully saturated rings. The quantitative estimate of drug-likeness (QED) is 0.631. The monoisotopic (exact) mass is 487 g/mol. The molecule has 1 saturated heterocycles. The Balaban J connectivity index is 1.93. The van der Waals surface area contributed by atoms with Crippen molar-refractivity contribution in [1.29, 1.82) is 0 Å². The molecule has 2 N–H and O–H groups in total. The first kappa shape index (κ1) is 27.6. The molecule has 0 aliphatic carbocycles. The predicted molar refractivity (Wildman–Crippen MR) is 140 cm³/mol. The average Bonchev–Trinajstić information content (AvgIpc) is 2.83. The van der Waals surface area contributed by atoms with E-state index in [1.54, 1.807) is 6.92 Å². The van der Waals surface area contributed by atoms with Crippen LogP contribution < -0.4 is 10.2 Å². The van der Waals surface area contributed by atoms with Gasteiger partial charge in [0.15, 0.2) is 0 Å². The maximum Gasteiger partial charge on any atom is 0.251 e. The number of hydrogen-bond acceptors (Lipinski definition) is 5. The summed E-state index contributed by atoms with van der Waals surface area (Å²) in [6, 6.07) is 5.90. The fourth-order valence-electron chi connectivity index (χ4n) is 5.36. The summed E-state index contributed by atoms with van der Waals surface area (Å²) in [6.45, 7) is 9.71. The van der Waals surface area contributed by atoms with Crippen LogP contribution in [0.5, 0.6) is 0 Å². The molecule has 0 unspecified atom stereocenters. The van der Waals surface area contributed by atoms with Gasteiger partial charge in [-0.25, -0.2) is 0 Å². The molecule has 0 radical (unpaired) electrons. The number of amides is 2. The van der Waals surface area contributed by atoms with Gasteiger partial charge in [0.25, 0.3) is 5.91 Å². The van der Waals surface area contributed by atoms with E-state index in [1.807, 2.05) is 23.1 Å². The van der Waals surface area contributed by atoms with Gasteiger partial charge in [-0.1, -0.05) is 33.1 Å². The molecule has 35 heavy (non-hydrogen) atoms. The third-order valence-corrected chi connectivity index (χ3v) is 7.23. The van der Waals surface area contributed by atoms with Gasteiger partial charge >= 0.3 is 0 Å². The van der Waals surface area contributed by atoms with E-state index in [4.69, 9.17) is 4.74 Å². The van der Waals surface area contributed by atoms with Crippen molar-refractivity contribution in [2.24, 2.45) is 5.92 Å². The summed E-state index contributed by atoms with van der Waals surface area (Å²) in [7, 11) is 0. The van der Waals surface area contributed by atoms with Crippen molar-refractivity contribution in [3.05, 3.63) is 29.3 Å². The average molecular weight is 488 g/mol. The van der Waals surface area contributed by atoms with E-state index >= 15 is 0 Å². The predicted octanol–water partition coefficient (Wildman–Crippen LogP) is 4.12. The van der Waals surface area contributed by atoms with Gasteiger partial charge in [-0.2, -0.15) is 0 Å². The molecule has 7 nitrogen and oxygen atoms in total. The summed E-state index contributed by atoms with van der Waals surface area (Å²) >= 11 is 0. The largest absolute Gasteiger partial charge is 0.394 e. The van der Waals surface area contributed by atoms with E-state index in [0.29, 0.717) is 30.6 Å². The fourth-order valence-corrected chi connectivity index (χ4v) is 5.36. The number of anilines is 1. The van der Waals surface area contributed by atoms with Crippen LogP contribution in [0.2, 0.25) is 0 Å². The molecule has 7 heteroatoms. The third-order valence-electron chi connectivity index (χ3n) is 7.23. The lowest BCUT2D eigenvalue weighted by Gasteiger charge is -2.36. The molecule has 0 bridgehead atoms. The van der Waals surface area contributed by atoms with Crippen LogP contribution in [0.1, 0.15) is 88.1 Å². The van der Waals surface area contributed by atoms with Gasteiger partial charge < -0.3 is 20.1 Å². The van der Waals surface area contributed by atoms with Crippen LogP contribution in [-0.2, 0) is 16.1 Å². The number of hydrogen-bond donors (Lipinski definition) is 2. The second kappa shape index (κ2) is 14.0. The van der Waals surface area contributed by atoms with Gasteiger partial charge in [0, 0.05) is 50.5 Å². The number of carbonyl (C=O) groups excluding carboxylic acids is 2. The topological polar surface area (TPSA) is 82.1 Å². The zero-order chi connectivity index (χ0) is 25.2. The van der Waals surface area contributed by atoms with Gasteiger partial charge in [0.2, 0.25) is 5.91 Å². The van der Waals surface area contributed by atoms with Crippen LogP contribution >= 0.6 is 0 Å². The number of nitrogens with zero attached hydrogens (tertiary/aromatic N) is 2. The summed E-state index contributed by atoms with van der Waals surface area (Å²) in [5.74, 6) is 0.238. The van der Waals surface area contributed by atoms with Crippen molar-refractivity contribution < 1.29 is 19.4 Å². The smallest absolute Gasteiger partial charge is 0.251 e. The van der Waals surface area contributed by atoms with Crippen molar-refractivity contribution in [2.45, 2.75) is 90.8 Å². The first-order valence-corrected chi connectivity index (χ1v) is 13.5. The first-order chi connectivity index (χ1) is 16.9. The van der Waals surface area contributed by atoms with E-state index in [1.165, 1.54) is 12.8 Å². The molecule has 196 valence electrons. The molecule has 0 saturated carbocycles. The minimum atomic E-state index is -0.268. The van der Waals surface area contributed by atoms with E-state index in [-0.39, 0.29) is 24.5 Å². The molecular weight excluding hydrogens is 442 g/mol. The molecule has 1 atom stereocenters. The van der Waals surface area contributed by atoms with Crippen molar-refractivity contribution in [1.82, 2.24) is 10.2 Å². The molecule has 1 aromatic carbocycles. The van der Waals surface area contributed by atoms with Crippen molar-refractivity contribution in [3.63, 3.8) is 0 Å². The SMILES string of the molecule is CC(=O)N1CCCCCCCN(C2CCOCC2)Cc2cc(C(=O)N[C@H](CO)CC(C)C)ccc21. The second-order valence-corrected chi connectivity index (χ2v) is 10.6. The molecule has 2 aliphatic heterocycles. The number of benzene rings is 1. The number of fused-ring (bicyclic) bond motifs is 1. The number of rotatable bonds is 6. The van der Waals surface area contributed by atoms with Gasteiger partial charge in [-0.05, 0) is 68.3 Å². The zero-order valence-corrected chi connectivity index (χ0v) is 21.9. The van der Waals surface area contributed by atoms with E-state index in [9.17, 15) is 14.7 Å². The standard InChI is InChI=1S/C28H45N3O4/c1-21(2)17-25(20-32)29-28(34)23-9-10-27-24(18-23)19-30(26-11-15-35-16-12-26)13-7-5-4-6-8-14-31(27)22(3)33/h9-10,18,21,25-26,32H,4-8,11-17,19-20H2,1-3H3,(H,29,34)/t25-/m0/s1. The summed E-state index contributed by atoms with van der Waals surface area (Å²) in [6.07, 6.45) is 8.42. The fraction of sp³-hybridized carbons (Fsp3) is 0.714. The molecule has 3 rings (SSSR count). The lowest BCUT2D eigenvalue weighted by Crippen LogP contribution is -2.41. The highest BCUT2D eigenvalue weighted by Crippen LogP contribution is 2.28. The third kappa shape index (κ3) is 8.29. The van der Waals surface area contributed by atoms with Crippen LogP contribution in [0, 0.1) is 5.92 Å². The van der Waals surface area contributed by atoms with Crippen LogP contribution in [-0.4, -0.2) is 66.8 Å². The Morgan fingerprint density at radius 3 is 2.43 bits per heavy atom. The normalized spacial score (nSPS) is 20.0. The lowest BCUT2D eigenvalue weighted by molar-refractivity contribution is -0.116. The van der Waals surface area contributed by atoms with Gasteiger partial charge in [0.1, 0.15) is 0 Å². The molecule has 2 heterocycles. The van der Waals surface area contributed by atoms with Crippen LogP contribution in [0.4, 0.5) is 5.69 Å². The van der Waals surface area contributed by atoms with E-state index in [0.717, 1.165) is 69.5 Å². The first-order valence-electron chi connectivity index (χ1n) is 13.5. The molecule has 1 aromatic rings. The maximum absolute atomic E-state index is 13.1. The summed E-state index contributed by atoms with van der Waals surface area (Å²) in [4.78, 5) is 30.2. The Kier molecular flexibility index (Phi) is 11.0. The van der Waals surface area contributed by atoms with Gasteiger partial charge in [0.05, 0.1) is 12.6 Å². The van der Waals surface area contributed by atoms with Gasteiger partial charge in [-0.15, -0.1) is 0 Å². The number of ether oxygens (including phenoxy) is 1. The Morgan fingerprint density at radius 2 is 1.77 bits per heavy atom. The summed E-state index contributed by atoms with van der Waals surface area (Å²) in [5, 5.41) is 12.7. The Bertz CT molecular complexity index is 822. The molecule has 2 amide bonds. The molecule has 2 aliphatic rings. The summed E-state index contributed by atoms with van der Waals surface area (Å²) < 4.78 is 5.62. The highest BCUT2D eigenvalue weighted by atomic mass is 16.5. The van der Waals surface area contributed by atoms with Crippen LogP contribution in [0.3, 0.4) is 0 Å². The maximum atomic E-state index is 13.1. The summed E-state index contributed by atoms with van der Waals surface area (Å²) in [5.41, 5.74) is 2.50. The highest BCUT2D eigenvalue weighted by Gasteiger charge is 2.25. The van der Waals surface area contributed by atoms with Crippen molar-refractivity contribution in [2.75, 3.05) is 37.8 Å². The van der Waals surface area contributed by atoms with E-state index in [2.05, 4.69) is 24.1 Å². The second-order valence-electron chi connectivity index (χ2n) is 10.6. The van der Waals surface area contributed by atoms with Crippen LogP contribution in [0.25, 0.3) is 0 Å². The van der Waals surface area contributed by atoms with Gasteiger partial charge in [-0.3, -0.25) is 14.5 Å². The highest BCUT2D eigenvalue weighted by molar-refractivity contribution is 5.97.